The van der Waals surface area contributed by atoms with Gasteiger partial charge in [-0.1, -0.05) is 75.1 Å². The van der Waals surface area contributed by atoms with Crippen molar-refractivity contribution >= 4 is 5.97 Å². The largest absolute Gasteiger partial charge is 0.478 e. The van der Waals surface area contributed by atoms with Gasteiger partial charge in [0, 0.05) is 30.3 Å². The van der Waals surface area contributed by atoms with E-state index in [0.29, 0.717) is 17.9 Å². The lowest BCUT2D eigenvalue weighted by atomic mass is 9.85. The maximum Gasteiger partial charge on any atom is 0.336 e. The van der Waals surface area contributed by atoms with Crippen LogP contribution in [0.5, 0.6) is 0 Å². The summed E-state index contributed by atoms with van der Waals surface area (Å²) in [6, 6.07) is 15.2. The second-order valence-electron chi connectivity index (χ2n) is 8.86. The van der Waals surface area contributed by atoms with Gasteiger partial charge in [0.05, 0.1) is 5.56 Å². The van der Waals surface area contributed by atoms with Crippen LogP contribution in [0.4, 0.5) is 0 Å². The molecule has 1 fully saturated rings. The average Bonchev–Trinajstić information content (AvgIpc) is 3.13. The number of hydrogen-bond donors (Lipinski definition) is 2. The van der Waals surface area contributed by atoms with E-state index >= 15 is 0 Å². The molecule has 2 N–H and O–H groups in total. The average molecular weight is 433 g/mol. The van der Waals surface area contributed by atoms with Crippen LogP contribution in [0.15, 0.2) is 53.3 Å². The van der Waals surface area contributed by atoms with E-state index in [-0.39, 0.29) is 5.69 Å². The summed E-state index contributed by atoms with van der Waals surface area (Å²) in [5, 5.41) is 9.50. The van der Waals surface area contributed by atoms with Gasteiger partial charge in [0.15, 0.2) is 0 Å². The molecular weight excluding hydrogens is 400 g/mol. The SMILES string of the molecule is CCCCn1c(Cc2ccc(-c3ccccc3C(=O)O)cc2)c(C2CCCCC2)[nH]c1=O. The highest BCUT2D eigenvalue weighted by atomic mass is 16.4. The third-order valence-electron chi connectivity index (χ3n) is 6.67. The molecule has 5 heteroatoms. The molecular formula is C27H32N2O3. The van der Waals surface area contributed by atoms with Crippen LogP contribution in [0.3, 0.4) is 0 Å². The Morgan fingerprint density at radius 1 is 1.06 bits per heavy atom. The molecule has 0 spiro atoms. The fourth-order valence-electron chi connectivity index (χ4n) is 4.91. The number of aromatic carboxylic acids is 1. The number of carboxylic acids is 1. The van der Waals surface area contributed by atoms with E-state index in [2.05, 4.69) is 24.0 Å². The number of imidazole rings is 1. The molecule has 0 amide bonds. The van der Waals surface area contributed by atoms with Crippen LogP contribution in [0.2, 0.25) is 0 Å². The number of H-pyrrole nitrogens is 1. The molecule has 32 heavy (non-hydrogen) atoms. The summed E-state index contributed by atoms with van der Waals surface area (Å²) in [6.07, 6.45) is 8.76. The normalized spacial score (nSPS) is 14.5. The molecule has 1 aromatic heterocycles. The first-order chi connectivity index (χ1) is 15.6. The Kier molecular flexibility index (Phi) is 6.93. The standard InChI is InChI=1S/C27H32N2O3/c1-2-3-17-29-24(25(28-27(29)32)21-9-5-4-6-10-21)18-19-13-15-20(16-14-19)22-11-7-8-12-23(22)26(30)31/h7-8,11-16,21H,2-6,9-10,17-18H2,1H3,(H,28,32)(H,30,31). The second-order valence-corrected chi connectivity index (χ2v) is 8.86. The first-order valence-electron chi connectivity index (χ1n) is 11.8. The van der Waals surface area contributed by atoms with E-state index in [1.807, 2.05) is 28.8 Å². The molecule has 0 bridgehead atoms. The number of rotatable bonds is 8. The Bertz CT molecular complexity index is 1120. The van der Waals surface area contributed by atoms with Crippen molar-refractivity contribution in [2.24, 2.45) is 0 Å². The Morgan fingerprint density at radius 3 is 2.47 bits per heavy atom. The number of aromatic amines is 1. The van der Waals surface area contributed by atoms with Crippen molar-refractivity contribution in [1.82, 2.24) is 9.55 Å². The van der Waals surface area contributed by atoms with Crippen LogP contribution in [-0.4, -0.2) is 20.6 Å². The first kappa shape index (κ1) is 22.1. The minimum Gasteiger partial charge on any atom is -0.478 e. The predicted octanol–water partition coefficient (Wildman–Crippen LogP) is 5.98. The first-order valence-corrected chi connectivity index (χ1v) is 11.8. The van der Waals surface area contributed by atoms with Crippen LogP contribution in [0.25, 0.3) is 11.1 Å². The molecule has 4 rings (SSSR count). The van der Waals surface area contributed by atoms with Crippen molar-refractivity contribution in [3.8, 4) is 11.1 Å². The van der Waals surface area contributed by atoms with E-state index in [1.54, 1.807) is 12.1 Å². The topological polar surface area (TPSA) is 75.1 Å². The van der Waals surface area contributed by atoms with Gasteiger partial charge in [-0.2, -0.15) is 0 Å². The van der Waals surface area contributed by atoms with Crippen molar-refractivity contribution in [2.45, 2.75) is 70.8 Å². The highest BCUT2D eigenvalue weighted by Gasteiger charge is 2.23. The molecule has 168 valence electrons. The van der Waals surface area contributed by atoms with Gasteiger partial charge in [-0.3, -0.25) is 4.57 Å². The summed E-state index contributed by atoms with van der Waals surface area (Å²) < 4.78 is 1.95. The monoisotopic (exact) mass is 432 g/mol. The molecule has 0 saturated heterocycles. The number of nitrogens with one attached hydrogen (secondary N) is 1. The van der Waals surface area contributed by atoms with Gasteiger partial charge in [-0.25, -0.2) is 9.59 Å². The fraction of sp³-hybridized carbons (Fsp3) is 0.407. The van der Waals surface area contributed by atoms with Crippen LogP contribution in [0, 0.1) is 0 Å². The molecule has 1 aliphatic carbocycles. The predicted molar refractivity (Wildman–Crippen MR) is 127 cm³/mol. The number of carboxylic acid groups (broad SMARTS) is 1. The molecule has 3 aromatic rings. The number of unbranched alkanes of at least 4 members (excludes halogenated alkanes) is 1. The molecule has 1 saturated carbocycles. The molecule has 0 atom stereocenters. The maximum absolute atomic E-state index is 12.8. The summed E-state index contributed by atoms with van der Waals surface area (Å²) in [4.78, 5) is 27.6. The summed E-state index contributed by atoms with van der Waals surface area (Å²) in [5.74, 6) is -0.481. The number of nitrogens with zero attached hydrogens (tertiary/aromatic N) is 1. The van der Waals surface area contributed by atoms with Crippen molar-refractivity contribution in [1.29, 1.82) is 0 Å². The Morgan fingerprint density at radius 2 is 1.78 bits per heavy atom. The Balaban J connectivity index is 1.65. The van der Waals surface area contributed by atoms with Gasteiger partial charge < -0.3 is 10.1 Å². The van der Waals surface area contributed by atoms with Crippen molar-refractivity contribution < 1.29 is 9.90 Å². The van der Waals surface area contributed by atoms with E-state index in [0.717, 1.165) is 60.3 Å². The quantitative estimate of drug-likeness (QED) is 0.460. The number of hydrogen-bond acceptors (Lipinski definition) is 2. The summed E-state index contributed by atoms with van der Waals surface area (Å²) in [5.41, 5.74) is 5.30. The molecule has 1 heterocycles. The number of benzene rings is 2. The number of carbonyl (C=O) groups is 1. The second kappa shape index (κ2) is 10.0. The highest BCUT2D eigenvalue weighted by molar-refractivity contribution is 5.95. The lowest BCUT2D eigenvalue weighted by Gasteiger charge is -2.22. The third kappa shape index (κ3) is 4.72. The van der Waals surface area contributed by atoms with Crippen molar-refractivity contribution in [3.63, 3.8) is 0 Å². The van der Waals surface area contributed by atoms with Gasteiger partial charge in [0.25, 0.3) is 0 Å². The van der Waals surface area contributed by atoms with Crippen molar-refractivity contribution in [3.05, 3.63) is 81.5 Å². The van der Waals surface area contributed by atoms with Crippen LogP contribution in [0.1, 0.15) is 85.1 Å². The van der Waals surface area contributed by atoms with Crippen LogP contribution < -0.4 is 5.69 Å². The smallest absolute Gasteiger partial charge is 0.336 e. The zero-order valence-electron chi connectivity index (χ0n) is 18.8. The minimum atomic E-state index is -0.922. The summed E-state index contributed by atoms with van der Waals surface area (Å²) in [6.45, 7) is 2.89. The highest BCUT2D eigenvalue weighted by Crippen LogP contribution is 2.34. The zero-order valence-corrected chi connectivity index (χ0v) is 18.8. The zero-order chi connectivity index (χ0) is 22.5. The Labute approximate surface area is 189 Å². The van der Waals surface area contributed by atoms with E-state index < -0.39 is 5.97 Å². The summed E-state index contributed by atoms with van der Waals surface area (Å²) >= 11 is 0. The lowest BCUT2D eigenvalue weighted by Crippen LogP contribution is -2.19. The Hall–Kier alpha value is -3.08. The maximum atomic E-state index is 12.8. The van der Waals surface area contributed by atoms with Crippen molar-refractivity contribution in [2.75, 3.05) is 0 Å². The molecule has 2 aromatic carbocycles. The summed E-state index contributed by atoms with van der Waals surface area (Å²) in [7, 11) is 0. The fourth-order valence-corrected chi connectivity index (χ4v) is 4.91. The molecule has 1 aliphatic rings. The molecule has 0 unspecified atom stereocenters. The van der Waals surface area contributed by atoms with E-state index in [1.165, 1.54) is 19.3 Å². The molecule has 0 radical (unpaired) electrons. The van der Waals surface area contributed by atoms with Gasteiger partial charge in [-0.05, 0) is 42.0 Å². The molecule has 5 nitrogen and oxygen atoms in total. The molecule has 0 aliphatic heterocycles. The lowest BCUT2D eigenvalue weighted by molar-refractivity contribution is 0.0697. The van der Waals surface area contributed by atoms with Crippen LogP contribution >= 0.6 is 0 Å². The minimum absolute atomic E-state index is 0.0148. The van der Waals surface area contributed by atoms with Gasteiger partial charge >= 0.3 is 11.7 Å². The number of aromatic nitrogens is 2. The van der Waals surface area contributed by atoms with Crippen LogP contribution in [-0.2, 0) is 13.0 Å². The van der Waals surface area contributed by atoms with Gasteiger partial charge in [0.2, 0.25) is 0 Å². The van der Waals surface area contributed by atoms with E-state index in [4.69, 9.17) is 0 Å². The third-order valence-corrected chi connectivity index (χ3v) is 6.67. The van der Waals surface area contributed by atoms with Gasteiger partial charge in [0.1, 0.15) is 0 Å². The van der Waals surface area contributed by atoms with E-state index in [9.17, 15) is 14.7 Å². The van der Waals surface area contributed by atoms with Gasteiger partial charge in [-0.15, -0.1) is 0 Å².